The van der Waals surface area contributed by atoms with Gasteiger partial charge in [0.2, 0.25) is 0 Å². The number of fused-ring (bicyclic) bond motifs is 2. The molecule has 288 valence electrons. The molecular formula is C33H43ClF6N8O2S2. The smallest absolute Gasteiger partial charge is 0.407 e. The first-order valence-electron chi connectivity index (χ1n) is 16.8. The van der Waals surface area contributed by atoms with Crippen molar-refractivity contribution in [3.63, 3.8) is 0 Å². The Morgan fingerprint density at radius 2 is 1.23 bits per heavy atom. The molecule has 2 fully saturated rings. The zero-order valence-electron chi connectivity index (χ0n) is 28.9. The average Bonchev–Trinajstić information content (AvgIpc) is 3.59. The molecule has 10 nitrogen and oxygen atoms in total. The summed E-state index contributed by atoms with van der Waals surface area (Å²) >= 11 is 2.09. The molecule has 4 atom stereocenters. The molecule has 6 rings (SSSR count). The second-order valence-electron chi connectivity index (χ2n) is 14.0. The monoisotopic (exact) mass is 796 g/mol. The predicted octanol–water partition coefficient (Wildman–Crippen LogP) is 8.94. The molecule has 0 saturated heterocycles. The van der Waals surface area contributed by atoms with Gasteiger partial charge in [0, 0.05) is 33.9 Å². The molecule has 4 heterocycles. The van der Waals surface area contributed by atoms with Gasteiger partial charge in [0.05, 0.1) is 23.6 Å². The van der Waals surface area contributed by atoms with Crippen molar-refractivity contribution in [1.82, 2.24) is 25.3 Å². The van der Waals surface area contributed by atoms with Gasteiger partial charge in [-0.05, 0) is 84.3 Å². The molecule has 2 aliphatic carbocycles. The van der Waals surface area contributed by atoms with Crippen LogP contribution in [0.15, 0.2) is 24.8 Å². The van der Waals surface area contributed by atoms with Crippen LogP contribution in [0.5, 0.6) is 0 Å². The molecule has 0 aromatic carbocycles. The van der Waals surface area contributed by atoms with E-state index in [9.17, 15) is 31.1 Å². The first kappa shape index (κ1) is 41.5. The average molecular weight is 797 g/mol. The summed E-state index contributed by atoms with van der Waals surface area (Å²) in [6.07, 6.45) is -0.807. The summed E-state index contributed by atoms with van der Waals surface area (Å²) in [4.78, 5) is 30.2. The Morgan fingerprint density at radius 1 is 0.769 bits per heavy atom. The number of halogens is 7. The van der Waals surface area contributed by atoms with Gasteiger partial charge in [-0.1, -0.05) is 0 Å². The third-order valence-corrected chi connectivity index (χ3v) is 10.4. The Bertz CT molecular complexity index is 1780. The van der Waals surface area contributed by atoms with Crippen LogP contribution >= 0.6 is 35.1 Å². The molecule has 4 aromatic heterocycles. The van der Waals surface area contributed by atoms with E-state index < -0.39 is 36.9 Å². The van der Waals surface area contributed by atoms with E-state index in [1.165, 1.54) is 18.7 Å². The van der Waals surface area contributed by atoms with Gasteiger partial charge >= 0.3 is 18.4 Å². The maximum Gasteiger partial charge on any atom is 0.407 e. The molecule has 0 radical (unpaired) electrons. The van der Waals surface area contributed by atoms with Gasteiger partial charge in [-0.2, -0.15) is 26.3 Å². The van der Waals surface area contributed by atoms with Crippen molar-refractivity contribution in [2.75, 3.05) is 10.6 Å². The van der Waals surface area contributed by atoms with E-state index in [-0.39, 0.29) is 46.3 Å². The highest BCUT2D eigenvalue weighted by Gasteiger charge is 2.31. The third-order valence-electron chi connectivity index (χ3n) is 8.30. The second kappa shape index (κ2) is 17.3. The van der Waals surface area contributed by atoms with Gasteiger partial charge in [0.15, 0.2) is 0 Å². The van der Waals surface area contributed by atoms with Gasteiger partial charge in [0.1, 0.15) is 39.6 Å². The number of amides is 1. The molecule has 0 unspecified atom stereocenters. The first-order chi connectivity index (χ1) is 23.9. The Balaban J connectivity index is 0.000000236. The summed E-state index contributed by atoms with van der Waals surface area (Å²) in [5, 5.41) is 10.8. The largest absolute Gasteiger partial charge is 0.444 e. The number of carbonyl (C=O) groups excluding carboxylic acids is 1. The van der Waals surface area contributed by atoms with Gasteiger partial charge in [-0.15, -0.1) is 35.1 Å². The SMILES string of the molecule is CC(C)(C)OC(=O)N[C@H]1CCC[C@@H](Nc2ncnc3sc(CC(F)(F)F)cc23)C1.Cl.N[C@H]1CCC[C@@H](Nc2ncnc3sc(CC(F)(F)F)cc23)C1. The number of aromatic nitrogens is 4. The van der Waals surface area contributed by atoms with Crippen LogP contribution in [0.4, 0.5) is 42.8 Å². The Kier molecular flexibility index (Phi) is 13.8. The molecule has 4 aromatic rings. The number of carbonyl (C=O) groups is 1. The summed E-state index contributed by atoms with van der Waals surface area (Å²) in [5.41, 5.74) is 5.41. The number of nitrogens with zero attached hydrogens (tertiary/aromatic N) is 4. The van der Waals surface area contributed by atoms with E-state index in [2.05, 4.69) is 35.9 Å². The van der Waals surface area contributed by atoms with Crippen molar-refractivity contribution in [1.29, 1.82) is 0 Å². The summed E-state index contributed by atoms with van der Waals surface area (Å²) < 4.78 is 81.0. The number of thiophene rings is 2. The minimum atomic E-state index is -4.26. The van der Waals surface area contributed by atoms with Crippen LogP contribution in [0.2, 0.25) is 0 Å². The maximum atomic E-state index is 12.7. The lowest BCUT2D eigenvalue weighted by Crippen LogP contribution is -2.43. The number of hydrogen-bond donors (Lipinski definition) is 4. The Morgan fingerprint density at radius 3 is 1.69 bits per heavy atom. The lowest BCUT2D eigenvalue weighted by atomic mass is 9.91. The molecule has 0 aliphatic heterocycles. The molecule has 2 saturated carbocycles. The van der Waals surface area contributed by atoms with Crippen molar-refractivity contribution in [3.05, 3.63) is 34.5 Å². The zero-order chi connectivity index (χ0) is 37.0. The molecule has 52 heavy (non-hydrogen) atoms. The lowest BCUT2D eigenvalue weighted by molar-refractivity contribution is -0.127. The number of alkyl halides is 6. The van der Waals surface area contributed by atoms with Gasteiger partial charge in [-0.3, -0.25) is 0 Å². The van der Waals surface area contributed by atoms with Crippen LogP contribution in [0, 0.1) is 0 Å². The van der Waals surface area contributed by atoms with Crippen molar-refractivity contribution in [2.24, 2.45) is 5.73 Å². The van der Waals surface area contributed by atoms with Crippen LogP contribution in [0.1, 0.15) is 81.9 Å². The number of nitrogens with one attached hydrogen (secondary N) is 3. The number of alkyl carbamates (subject to hydrolysis) is 1. The van der Waals surface area contributed by atoms with Crippen LogP contribution in [-0.4, -0.2) is 68.2 Å². The molecule has 5 N–H and O–H groups in total. The van der Waals surface area contributed by atoms with Crippen LogP contribution < -0.4 is 21.7 Å². The first-order valence-corrected chi connectivity index (χ1v) is 18.4. The quantitative estimate of drug-likeness (QED) is 0.135. The van der Waals surface area contributed by atoms with E-state index in [1.54, 1.807) is 6.07 Å². The predicted molar refractivity (Wildman–Crippen MR) is 194 cm³/mol. The lowest BCUT2D eigenvalue weighted by Gasteiger charge is -2.31. The van der Waals surface area contributed by atoms with Crippen LogP contribution in [0.3, 0.4) is 0 Å². The Labute approximate surface area is 311 Å². The molecule has 19 heteroatoms. The zero-order valence-corrected chi connectivity index (χ0v) is 31.3. The van der Waals surface area contributed by atoms with Crippen LogP contribution in [0.25, 0.3) is 20.4 Å². The Hall–Kier alpha value is -3.22. The highest BCUT2D eigenvalue weighted by molar-refractivity contribution is 7.19. The second-order valence-corrected chi connectivity index (χ2v) is 16.2. The molecule has 0 bridgehead atoms. The topological polar surface area (TPSA) is 140 Å². The van der Waals surface area contributed by atoms with E-state index >= 15 is 0 Å². The molecule has 1 amide bonds. The highest BCUT2D eigenvalue weighted by Crippen LogP contribution is 2.35. The summed E-state index contributed by atoms with van der Waals surface area (Å²) in [7, 11) is 0. The molecule has 0 spiro atoms. The molecule has 2 aliphatic rings. The maximum absolute atomic E-state index is 12.7. The summed E-state index contributed by atoms with van der Waals surface area (Å²) in [6, 6.07) is 3.46. The van der Waals surface area contributed by atoms with E-state index in [1.807, 2.05) is 20.8 Å². The van der Waals surface area contributed by atoms with Gasteiger partial charge < -0.3 is 26.4 Å². The van der Waals surface area contributed by atoms with Crippen molar-refractivity contribution in [3.8, 4) is 0 Å². The van der Waals surface area contributed by atoms with E-state index in [0.717, 1.165) is 67.6 Å². The fraction of sp³-hybridized carbons (Fsp3) is 0.606. The number of hydrogen-bond acceptors (Lipinski definition) is 11. The number of rotatable bonds is 7. The minimum absolute atomic E-state index is 0. The number of ether oxygens (including phenoxy) is 1. The normalized spacial score (nSPS) is 21.1. The fourth-order valence-corrected chi connectivity index (χ4v) is 8.33. The minimum Gasteiger partial charge on any atom is -0.444 e. The highest BCUT2D eigenvalue weighted by atomic mass is 35.5. The molecular weight excluding hydrogens is 754 g/mol. The van der Waals surface area contributed by atoms with Crippen LogP contribution in [-0.2, 0) is 17.6 Å². The van der Waals surface area contributed by atoms with Gasteiger partial charge in [-0.25, -0.2) is 24.7 Å². The summed E-state index contributed by atoms with van der Waals surface area (Å²) in [5.74, 6) is 1.14. The number of anilines is 2. The van der Waals surface area contributed by atoms with Crippen molar-refractivity contribution >= 4 is 73.2 Å². The van der Waals surface area contributed by atoms with Crippen molar-refractivity contribution in [2.45, 2.75) is 127 Å². The number of nitrogens with two attached hydrogens (primary N) is 1. The summed E-state index contributed by atoms with van der Waals surface area (Å²) in [6.45, 7) is 5.43. The fourth-order valence-electron chi connectivity index (χ4n) is 6.28. The third kappa shape index (κ3) is 12.7. The van der Waals surface area contributed by atoms with E-state index in [4.69, 9.17) is 10.5 Å². The van der Waals surface area contributed by atoms with Crippen molar-refractivity contribution < 1.29 is 35.9 Å². The van der Waals surface area contributed by atoms with Gasteiger partial charge in [0.25, 0.3) is 0 Å². The van der Waals surface area contributed by atoms with E-state index in [0.29, 0.717) is 38.5 Å². The standard InChI is InChI=1S/C19H25F3N4O2S.C14H17F3N4S.ClH/c1-18(2,3)28-17(27)26-12-6-4-5-11(7-12)25-15-14-8-13(9-19(20,21)22)29-16(14)24-10-23-15;15-14(16,17)6-10-5-11-12(19-7-20-13(11)22-10)21-9-3-1-2-8(18)4-9;/h8,10-12H,4-7,9H2,1-3H3,(H,26,27)(H,23,24,25);5,7-9H,1-4,6,18H2,(H,19,20,21);1H/t11-,12+;8-,9+;/m10./s1.